The number of anilines is 1. The Morgan fingerprint density at radius 2 is 2.23 bits per heavy atom. The Bertz CT molecular complexity index is 723. The Kier molecular flexibility index (Phi) is 2.78. The molecule has 0 aliphatic carbocycles. The van der Waals surface area contributed by atoms with Crippen LogP contribution >= 0.6 is 0 Å². The van der Waals surface area contributed by atoms with Gasteiger partial charge < -0.3 is 14.2 Å². The summed E-state index contributed by atoms with van der Waals surface area (Å²) in [6.45, 7) is 1.60. The highest BCUT2D eigenvalue weighted by atomic mass is 16.3. The van der Waals surface area contributed by atoms with Crippen molar-refractivity contribution in [1.29, 1.82) is 0 Å². The van der Waals surface area contributed by atoms with E-state index in [1.807, 2.05) is 0 Å². The number of hydrogen-bond donors (Lipinski definition) is 0. The highest BCUT2D eigenvalue weighted by Gasteiger charge is 2.48. The van der Waals surface area contributed by atoms with Crippen LogP contribution in [0.1, 0.15) is 10.6 Å². The fraction of sp³-hybridized carbons (Fsp3) is 0.429. The van der Waals surface area contributed by atoms with Crippen molar-refractivity contribution in [2.75, 3.05) is 24.5 Å². The SMILES string of the molecule is Cn1cnc(C(=O)N2C[C@H]3CN(c4ccoc4)C(=O)[C@H]3C2)n1. The van der Waals surface area contributed by atoms with Crippen LogP contribution in [0.4, 0.5) is 5.69 Å². The maximum atomic E-state index is 12.5. The third kappa shape index (κ3) is 1.91. The molecule has 8 nitrogen and oxygen atoms in total. The zero-order valence-electron chi connectivity index (χ0n) is 12.0. The summed E-state index contributed by atoms with van der Waals surface area (Å²) in [5, 5.41) is 4.03. The van der Waals surface area contributed by atoms with Gasteiger partial charge in [-0.05, 0) is 0 Å². The van der Waals surface area contributed by atoms with Gasteiger partial charge in [0.2, 0.25) is 11.7 Å². The number of amides is 2. The quantitative estimate of drug-likeness (QED) is 0.788. The van der Waals surface area contributed by atoms with Gasteiger partial charge >= 0.3 is 0 Å². The van der Waals surface area contributed by atoms with Crippen LogP contribution in [0.3, 0.4) is 0 Å². The van der Waals surface area contributed by atoms with E-state index in [1.165, 1.54) is 11.0 Å². The molecule has 22 heavy (non-hydrogen) atoms. The van der Waals surface area contributed by atoms with Crippen LogP contribution in [0.15, 0.2) is 29.3 Å². The Balaban J connectivity index is 1.49. The van der Waals surface area contributed by atoms with Crippen molar-refractivity contribution in [3.63, 3.8) is 0 Å². The molecule has 8 heteroatoms. The summed E-state index contributed by atoms with van der Waals surface area (Å²) in [6.07, 6.45) is 4.62. The molecule has 0 spiro atoms. The number of aryl methyl sites for hydroxylation is 1. The predicted molar refractivity (Wildman–Crippen MR) is 74.9 cm³/mol. The molecule has 0 radical (unpaired) electrons. The molecule has 2 aliphatic heterocycles. The summed E-state index contributed by atoms with van der Waals surface area (Å²) in [4.78, 5) is 32.3. The van der Waals surface area contributed by atoms with Gasteiger partial charge in [-0.25, -0.2) is 4.98 Å². The number of aromatic nitrogens is 3. The molecule has 2 aromatic heterocycles. The van der Waals surface area contributed by atoms with Gasteiger partial charge in [0.05, 0.1) is 17.9 Å². The van der Waals surface area contributed by atoms with E-state index in [1.54, 1.807) is 35.4 Å². The molecular weight excluding hydrogens is 286 g/mol. The fourth-order valence-corrected chi connectivity index (χ4v) is 3.25. The zero-order valence-corrected chi connectivity index (χ0v) is 12.0. The largest absolute Gasteiger partial charge is 0.470 e. The van der Waals surface area contributed by atoms with Crippen LogP contribution in [0.5, 0.6) is 0 Å². The molecule has 0 N–H and O–H groups in total. The number of rotatable bonds is 2. The lowest BCUT2D eigenvalue weighted by molar-refractivity contribution is -0.120. The minimum absolute atomic E-state index is 0.0516. The molecule has 0 saturated carbocycles. The third-order valence-electron chi connectivity index (χ3n) is 4.34. The minimum atomic E-state index is -0.210. The molecule has 2 fully saturated rings. The summed E-state index contributed by atoms with van der Waals surface area (Å²) >= 11 is 0. The van der Waals surface area contributed by atoms with Crippen LogP contribution in [0.2, 0.25) is 0 Å². The van der Waals surface area contributed by atoms with Crippen LogP contribution in [-0.2, 0) is 11.8 Å². The summed E-state index contributed by atoms with van der Waals surface area (Å²) in [6, 6.07) is 1.78. The first-order chi connectivity index (χ1) is 10.6. The smallest absolute Gasteiger partial charge is 0.293 e. The van der Waals surface area contributed by atoms with Crippen molar-refractivity contribution in [2.45, 2.75) is 0 Å². The van der Waals surface area contributed by atoms with Crippen molar-refractivity contribution < 1.29 is 14.0 Å². The molecule has 0 unspecified atom stereocenters. The van der Waals surface area contributed by atoms with Crippen molar-refractivity contribution in [3.05, 3.63) is 30.7 Å². The number of furan rings is 1. The Labute approximate surface area is 126 Å². The number of fused-ring (bicyclic) bond motifs is 1. The van der Waals surface area contributed by atoms with Crippen LogP contribution < -0.4 is 4.90 Å². The van der Waals surface area contributed by atoms with Crippen LogP contribution in [0, 0.1) is 11.8 Å². The molecular formula is C14H15N5O3. The average Bonchev–Trinajstić information content (AvgIpc) is 3.24. The Hall–Kier alpha value is -2.64. The first kappa shape index (κ1) is 13.1. The second-order valence-electron chi connectivity index (χ2n) is 5.75. The summed E-state index contributed by atoms with van der Waals surface area (Å²) in [7, 11) is 1.72. The van der Waals surface area contributed by atoms with E-state index in [0.29, 0.717) is 19.6 Å². The number of carbonyl (C=O) groups excluding carboxylic acids is 2. The van der Waals surface area contributed by atoms with Gasteiger partial charge in [-0.1, -0.05) is 0 Å². The highest BCUT2D eigenvalue weighted by Crippen LogP contribution is 2.35. The second kappa shape index (κ2) is 4.69. The van der Waals surface area contributed by atoms with Crippen molar-refractivity contribution in [1.82, 2.24) is 19.7 Å². The van der Waals surface area contributed by atoms with Gasteiger partial charge in [0, 0.05) is 38.7 Å². The zero-order chi connectivity index (χ0) is 15.3. The highest BCUT2D eigenvalue weighted by molar-refractivity contribution is 5.99. The number of nitrogens with zero attached hydrogens (tertiary/aromatic N) is 5. The van der Waals surface area contributed by atoms with Crippen molar-refractivity contribution in [2.24, 2.45) is 18.9 Å². The van der Waals surface area contributed by atoms with E-state index in [0.717, 1.165) is 5.69 Å². The standard InChI is InChI=1S/C14H15N5O3/c1-17-8-15-12(16-17)14(21)18-4-9-5-19(10-2-3-22-7-10)13(20)11(9)6-18/h2-3,7-9,11H,4-6H2,1H3/t9-,11-/m0/s1. The van der Waals surface area contributed by atoms with E-state index < -0.39 is 0 Å². The van der Waals surface area contributed by atoms with Crippen LogP contribution in [0.25, 0.3) is 0 Å². The van der Waals surface area contributed by atoms with E-state index in [2.05, 4.69) is 10.1 Å². The summed E-state index contributed by atoms with van der Waals surface area (Å²) < 4.78 is 6.54. The van der Waals surface area contributed by atoms with Gasteiger partial charge in [-0.15, -0.1) is 5.10 Å². The third-order valence-corrected chi connectivity index (χ3v) is 4.34. The van der Waals surface area contributed by atoms with E-state index in [9.17, 15) is 9.59 Å². The lowest BCUT2D eigenvalue weighted by Crippen LogP contribution is -2.36. The molecule has 0 bridgehead atoms. The molecule has 2 amide bonds. The molecule has 4 rings (SSSR count). The maximum Gasteiger partial charge on any atom is 0.293 e. The second-order valence-corrected chi connectivity index (χ2v) is 5.75. The van der Waals surface area contributed by atoms with Gasteiger partial charge in [-0.2, -0.15) is 0 Å². The van der Waals surface area contributed by atoms with Gasteiger partial charge in [-0.3, -0.25) is 14.3 Å². The van der Waals surface area contributed by atoms with Gasteiger partial charge in [0.15, 0.2) is 0 Å². The maximum absolute atomic E-state index is 12.5. The van der Waals surface area contributed by atoms with Crippen molar-refractivity contribution >= 4 is 17.5 Å². The Morgan fingerprint density at radius 3 is 2.86 bits per heavy atom. The average molecular weight is 301 g/mol. The summed E-state index contributed by atoms with van der Waals surface area (Å²) in [5.74, 6) is 0.0209. The lowest BCUT2D eigenvalue weighted by Gasteiger charge is -2.19. The van der Waals surface area contributed by atoms with Gasteiger partial charge in [0.1, 0.15) is 12.6 Å². The molecule has 0 aromatic carbocycles. The molecule has 2 saturated heterocycles. The first-order valence-corrected chi connectivity index (χ1v) is 7.12. The fourth-order valence-electron chi connectivity index (χ4n) is 3.25. The predicted octanol–water partition coefficient (Wildman–Crippen LogP) is 0.143. The Morgan fingerprint density at radius 1 is 1.36 bits per heavy atom. The van der Waals surface area contributed by atoms with Gasteiger partial charge in [0.25, 0.3) is 5.91 Å². The van der Waals surface area contributed by atoms with Crippen LogP contribution in [-0.4, -0.2) is 51.1 Å². The minimum Gasteiger partial charge on any atom is -0.470 e. The normalized spacial score (nSPS) is 24.1. The van der Waals surface area contributed by atoms with E-state index in [-0.39, 0.29) is 29.5 Å². The number of carbonyl (C=O) groups is 2. The lowest BCUT2D eigenvalue weighted by atomic mass is 10.0. The number of likely N-dealkylation sites (tertiary alicyclic amines) is 1. The first-order valence-electron chi connectivity index (χ1n) is 7.12. The molecule has 2 aromatic rings. The molecule has 2 atom stereocenters. The molecule has 114 valence electrons. The van der Waals surface area contributed by atoms with E-state index >= 15 is 0 Å². The summed E-state index contributed by atoms with van der Waals surface area (Å²) in [5.41, 5.74) is 0.781. The topological polar surface area (TPSA) is 84.5 Å². The molecule has 4 heterocycles. The monoisotopic (exact) mass is 301 g/mol. The van der Waals surface area contributed by atoms with Crippen molar-refractivity contribution in [3.8, 4) is 0 Å². The number of hydrogen-bond acceptors (Lipinski definition) is 5. The molecule has 2 aliphatic rings. The van der Waals surface area contributed by atoms with E-state index in [4.69, 9.17) is 4.42 Å².